The third-order valence-electron chi connectivity index (χ3n) is 4.85. The second-order valence-electron chi connectivity index (χ2n) is 9.03. The molecule has 1 amide bonds. The van der Waals surface area contributed by atoms with Crippen molar-refractivity contribution in [1.29, 1.82) is 0 Å². The fourth-order valence-corrected chi connectivity index (χ4v) is 6.48. The van der Waals surface area contributed by atoms with Gasteiger partial charge in [0.2, 0.25) is 16.0 Å². The van der Waals surface area contributed by atoms with Crippen molar-refractivity contribution in [3.63, 3.8) is 0 Å². The number of guanidine groups is 1. The summed E-state index contributed by atoms with van der Waals surface area (Å²) in [4.78, 5) is 34.2. The number of ether oxygens (including phenoxy) is 2. The van der Waals surface area contributed by atoms with Gasteiger partial charge in [-0.1, -0.05) is 11.6 Å². The zero-order valence-electron chi connectivity index (χ0n) is 20.2. The molecular weight excluding hydrogens is 516 g/mol. The standard InChI is InChI=1S/C22H27ClN4O6S2/c1-7-32-18(28)14-8-13(10-24-11-14)16-9-15(23)17(34-16)22(5)12-35(30,31)27(6)19(26-22)25-20(29)33-21(2,3)4/h8-11H,7,12H2,1-6H3,(H,25,26,29). The molecule has 10 nitrogen and oxygen atoms in total. The van der Waals surface area contributed by atoms with Crippen LogP contribution in [-0.4, -0.2) is 60.7 Å². The lowest BCUT2D eigenvalue weighted by atomic mass is 10.0. The number of aromatic nitrogens is 1. The number of rotatable bonds is 4. The number of hydrogen-bond donors (Lipinski definition) is 1. The van der Waals surface area contributed by atoms with Crippen LogP contribution in [0.3, 0.4) is 0 Å². The van der Waals surface area contributed by atoms with Crippen LogP contribution in [0.15, 0.2) is 29.5 Å². The van der Waals surface area contributed by atoms with Crippen LogP contribution in [0.5, 0.6) is 0 Å². The van der Waals surface area contributed by atoms with Crippen LogP contribution in [0, 0.1) is 0 Å². The lowest BCUT2D eigenvalue weighted by Crippen LogP contribution is -2.53. The minimum atomic E-state index is -3.85. The molecular formula is C22H27ClN4O6S2. The summed E-state index contributed by atoms with van der Waals surface area (Å²) in [5.74, 6) is -1.04. The van der Waals surface area contributed by atoms with Gasteiger partial charge in [-0.05, 0) is 46.8 Å². The number of carbonyl (C=O) groups excluding carboxylic acids is 2. The maximum absolute atomic E-state index is 13.0. The molecule has 2 aromatic heterocycles. The van der Waals surface area contributed by atoms with Gasteiger partial charge in [-0.25, -0.2) is 27.3 Å². The van der Waals surface area contributed by atoms with Crippen molar-refractivity contribution in [2.75, 3.05) is 19.4 Å². The fraction of sp³-hybridized carbons (Fsp3) is 0.455. The van der Waals surface area contributed by atoms with Crippen molar-refractivity contribution in [2.45, 2.75) is 45.8 Å². The van der Waals surface area contributed by atoms with E-state index in [0.717, 1.165) is 4.31 Å². The van der Waals surface area contributed by atoms with Crippen LogP contribution in [0.1, 0.15) is 49.9 Å². The Balaban J connectivity index is 2.01. The Morgan fingerprint density at radius 3 is 2.60 bits per heavy atom. The van der Waals surface area contributed by atoms with Gasteiger partial charge in [0.15, 0.2) is 0 Å². The Bertz CT molecular complexity index is 1290. The van der Waals surface area contributed by atoms with Gasteiger partial charge in [0.25, 0.3) is 0 Å². The number of amides is 1. The lowest BCUT2D eigenvalue weighted by Gasteiger charge is -2.35. The Kier molecular flexibility index (Phi) is 7.49. The number of pyridine rings is 1. The van der Waals surface area contributed by atoms with E-state index in [1.54, 1.807) is 52.9 Å². The summed E-state index contributed by atoms with van der Waals surface area (Å²) in [6, 6.07) is 3.30. The highest BCUT2D eigenvalue weighted by Gasteiger charge is 2.44. The molecule has 0 aliphatic carbocycles. The van der Waals surface area contributed by atoms with Gasteiger partial charge >= 0.3 is 12.1 Å². The van der Waals surface area contributed by atoms with Gasteiger partial charge in [-0.2, -0.15) is 0 Å². The fourth-order valence-electron chi connectivity index (χ4n) is 3.32. The van der Waals surface area contributed by atoms with Gasteiger partial charge in [0, 0.05) is 29.9 Å². The number of halogens is 1. The van der Waals surface area contributed by atoms with E-state index in [-0.39, 0.29) is 23.9 Å². The SMILES string of the molecule is CCOC(=O)c1cncc(-c2cc(Cl)c(C3(C)CS(=O)(=O)N(C)C(NC(=O)OC(C)(C)C)=N3)s2)c1. The van der Waals surface area contributed by atoms with Crippen LogP contribution in [-0.2, 0) is 25.0 Å². The highest BCUT2D eigenvalue weighted by atomic mass is 35.5. The van der Waals surface area contributed by atoms with Crippen molar-refractivity contribution in [3.05, 3.63) is 40.0 Å². The smallest absolute Gasteiger partial charge is 0.414 e. The highest BCUT2D eigenvalue weighted by Crippen LogP contribution is 2.44. The molecule has 0 spiro atoms. The zero-order valence-corrected chi connectivity index (χ0v) is 22.6. The molecule has 3 heterocycles. The van der Waals surface area contributed by atoms with E-state index in [1.165, 1.54) is 24.6 Å². The Morgan fingerprint density at radius 1 is 1.29 bits per heavy atom. The van der Waals surface area contributed by atoms with Gasteiger partial charge in [0.1, 0.15) is 11.1 Å². The number of nitrogens with zero attached hydrogens (tertiary/aromatic N) is 3. The molecule has 3 rings (SSSR count). The topological polar surface area (TPSA) is 127 Å². The summed E-state index contributed by atoms with van der Waals surface area (Å²) in [7, 11) is -2.54. The largest absolute Gasteiger partial charge is 0.462 e. The summed E-state index contributed by atoms with van der Waals surface area (Å²) in [5.41, 5.74) is -1.17. The monoisotopic (exact) mass is 542 g/mol. The summed E-state index contributed by atoms with van der Waals surface area (Å²) in [5, 5.41) is 2.73. The third kappa shape index (κ3) is 6.11. The van der Waals surface area contributed by atoms with Crippen molar-refractivity contribution >= 4 is 51.0 Å². The molecule has 0 saturated carbocycles. The first-order chi connectivity index (χ1) is 16.1. The minimum Gasteiger partial charge on any atom is -0.462 e. The molecule has 0 saturated heterocycles. The van der Waals surface area contributed by atoms with Gasteiger partial charge < -0.3 is 9.47 Å². The molecule has 1 N–H and O–H groups in total. The first-order valence-electron chi connectivity index (χ1n) is 10.6. The minimum absolute atomic E-state index is 0.176. The lowest BCUT2D eigenvalue weighted by molar-refractivity contribution is 0.0522. The molecule has 0 radical (unpaired) electrons. The molecule has 0 aromatic carbocycles. The number of alkyl carbamates (subject to hydrolysis) is 1. The summed E-state index contributed by atoms with van der Waals surface area (Å²) >= 11 is 7.78. The van der Waals surface area contributed by atoms with Crippen molar-refractivity contribution in [1.82, 2.24) is 14.6 Å². The molecule has 0 bridgehead atoms. The Hall–Kier alpha value is -2.70. The second kappa shape index (κ2) is 9.75. The number of thiophene rings is 1. The predicted octanol–water partition coefficient (Wildman–Crippen LogP) is 4.01. The average molecular weight is 543 g/mol. The molecule has 190 valence electrons. The first kappa shape index (κ1) is 26.9. The van der Waals surface area contributed by atoms with Crippen LogP contribution < -0.4 is 5.32 Å². The van der Waals surface area contributed by atoms with E-state index in [9.17, 15) is 18.0 Å². The van der Waals surface area contributed by atoms with Crippen molar-refractivity contribution in [2.24, 2.45) is 4.99 Å². The Labute approximate surface area is 213 Å². The maximum Gasteiger partial charge on any atom is 0.414 e. The number of nitrogens with one attached hydrogen (secondary N) is 1. The van der Waals surface area contributed by atoms with Gasteiger partial charge in [0.05, 0.1) is 27.8 Å². The van der Waals surface area contributed by atoms with E-state index < -0.39 is 33.2 Å². The van der Waals surface area contributed by atoms with E-state index in [2.05, 4.69) is 15.3 Å². The van der Waals surface area contributed by atoms with Crippen LogP contribution in [0.4, 0.5) is 4.79 Å². The summed E-state index contributed by atoms with van der Waals surface area (Å²) in [6.45, 7) is 8.65. The summed E-state index contributed by atoms with van der Waals surface area (Å²) < 4.78 is 37.1. The van der Waals surface area contributed by atoms with Crippen LogP contribution in [0.2, 0.25) is 5.02 Å². The predicted molar refractivity (Wildman–Crippen MR) is 134 cm³/mol. The zero-order chi connectivity index (χ0) is 26.2. The number of carbonyl (C=O) groups is 2. The van der Waals surface area contributed by atoms with Crippen molar-refractivity contribution in [3.8, 4) is 10.4 Å². The van der Waals surface area contributed by atoms with E-state index in [0.29, 0.717) is 20.3 Å². The second-order valence-corrected chi connectivity index (χ2v) is 12.5. The molecule has 1 aliphatic rings. The molecule has 35 heavy (non-hydrogen) atoms. The van der Waals surface area contributed by atoms with E-state index in [4.69, 9.17) is 21.1 Å². The summed E-state index contributed by atoms with van der Waals surface area (Å²) in [6.07, 6.45) is 2.14. The maximum atomic E-state index is 13.0. The van der Waals surface area contributed by atoms with Gasteiger partial charge in [-0.15, -0.1) is 11.3 Å². The molecule has 0 fully saturated rings. The average Bonchev–Trinajstić information content (AvgIpc) is 3.13. The third-order valence-corrected chi connectivity index (χ3v) is 8.64. The van der Waals surface area contributed by atoms with Gasteiger partial charge in [-0.3, -0.25) is 10.3 Å². The Morgan fingerprint density at radius 2 is 1.97 bits per heavy atom. The number of aliphatic imine (C=N–C) groups is 1. The normalized spacial score (nSPS) is 19.6. The molecule has 1 aliphatic heterocycles. The number of sulfonamides is 1. The van der Waals surface area contributed by atoms with Crippen LogP contribution >= 0.6 is 22.9 Å². The quantitative estimate of drug-likeness (QED) is 0.578. The number of esters is 1. The van der Waals surface area contributed by atoms with E-state index in [1.807, 2.05) is 0 Å². The van der Waals surface area contributed by atoms with E-state index >= 15 is 0 Å². The molecule has 1 atom stereocenters. The van der Waals surface area contributed by atoms with Crippen molar-refractivity contribution < 1.29 is 27.5 Å². The molecule has 1 unspecified atom stereocenters. The first-order valence-corrected chi connectivity index (χ1v) is 13.4. The molecule has 2 aromatic rings. The van der Waals surface area contributed by atoms with Crippen LogP contribution in [0.25, 0.3) is 10.4 Å². The molecule has 13 heteroatoms. The highest BCUT2D eigenvalue weighted by molar-refractivity contribution is 7.89. The number of hydrogen-bond acceptors (Lipinski definition) is 9.